The third-order valence-corrected chi connectivity index (χ3v) is 4.75. The third-order valence-electron chi connectivity index (χ3n) is 3.60. The Hall–Kier alpha value is -1.39. The van der Waals surface area contributed by atoms with Crippen LogP contribution in [0.1, 0.15) is 37.3 Å². The smallest absolute Gasteiger partial charge is 0.124 e. The summed E-state index contributed by atoms with van der Waals surface area (Å²) in [4.78, 5) is 6.17. The maximum Gasteiger partial charge on any atom is 0.124 e. The number of phenolic OH excluding ortho intramolecular Hbond substituents is 1. The molecule has 0 bridgehead atoms. The first-order valence-electron chi connectivity index (χ1n) is 7.63. The normalized spacial score (nSPS) is 14.8. The summed E-state index contributed by atoms with van der Waals surface area (Å²) in [6.07, 6.45) is 3.62. The van der Waals surface area contributed by atoms with Crippen LogP contribution in [0.4, 0.5) is 0 Å². The lowest BCUT2D eigenvalue weighted by Crippen LogP contribution is -2.15. The average Bonchev–Trinajstić information content (AvgIpc) is 3.18. The second kappa shape index (κ2) is 6.16. The zero-order chi connectivity index (χ0) is 14.8. The fraction of sp³-hybridized carbons (Fsp3) is 0.471. The molecule has 3 nitrogen and oxygen atoms in total. The molecule has 0 aliphatic heterocycles. The maximum absolute atomic E-state index is 9.64. The molecule has 2 N–H and O–H groups in total. The lowest BCUT2D eigenvalue weighted by atomic mass is 10.1. The monoisotopic (exact) mass is 302 g/mol. The van der Waals surface area contributed by atoms with Crippen molar-refractivity contribution in [1.29, 1.82) is 0 Å². The van der Waals surface area contributed by atoms with Crippen LogP contribution in [0.5, 0.6) is 5.75 Å². The van der Waals surface area contributed by atoms with E-state index < -0.39 is 0 Å². The van der Waals surface area contributed by atoms with E-state index in [1.54, 1.807) is 23.5 Å². The largest absolute Gasteiger partial charge is 0.508 e. The van der Waals surface area contributed by atoms with Gasteiger partial charge in [0.2, 0.25) is 0 Å². The Balaban J connectivity index is 1.86. The van der Waals surface area contributed by atoms with Crippen LogP contribution in [0.3, 0.4) is 0 Å². The minimum absolute atomic E-state index is 0.297. The second-order valence-electron chi connectivity index (χ2n) is 6.19. The molecule has 2 aromatic rings. The van der Waals surface area contributed by atoms with Crippen molar-refractivity contribution in [2.45, 2.75) is 45.7 Å². The Kier molecular flexibility index (Phi) is 4.27. The number of phenols is 1. The predicted octanol–water partition coefficient (Wildman–Crippen LogP) is 3.97. The first-order chi connectivity index (χ1) is 10.1. The van der Waals surface area contributed by atoms with Crippen LogP contribution in [-0.2, 0) is 13.0 Å². The summed E-state index contributed by atoms with van der Waals surface area (Å²) in [5.41, 5.74) is 2.21. The number of nitrogens with zero attached hydrogens (tertiary/aromatic N) is 1. The van der Waals surface area contributed by atoms with Crippen molar-refractivity contribution in [3.63, 3.8) is 0 Å². The highest BCUT2D eigenvalue weighted by Crippen LogP contribution is 2.31. The van der Waals surface area contributed by atoms with Crippen LogP contribution in [0.25, 0.3) is 10.6 Å². The van der Waals surface area contributed by atoms with Crippen molar-refractivity contribution in [1.82, 2.24) is 10.3 Å². The molecule has 0 spiro atoms. The number of rotatable bonds is 6. The maximum atomic E-state index is 9.64. The van der Waals surface area contributed by atoms with E-state index in [0.29, 0.717) is 17.7 Å². The van der Waals surface area contributed by atoms with Crippen LogP contribution >= 0.6 is 11.3 Å². The van der Waals surface area contributed by atoms with Crippen molar-refractivity contribution in [2.75, 3.05) is 0 Å². The van der Waals surface area contributed by atoms with Gasteiger partial charge in [-0.3, -0.25) is 0 Å². The van der Waals surface area contributed by atoms with E-state index in [1.807, 2.05) is 12.1 Å². The molecule has 1 aliphatic carbocycles. The highest BCUT2D eigenvalue weighted by atomic mass is 32.1. The quantitative estimate of drug-likeness (QED) is 0.849. The molecular weight excluding hydrogens is 280 g/mol. The molecule has 0 saturated heterocycles. The first kappa shape index (κ1) is 14.5. The molecule has 0 radical (unpaired) electrons. The lowest BCUT2D eigenvalue weighted by Gasteiger charge is -2.05. The molecule has 0 amide bonds. The second-order valence-corrected chi connectivity index (χ2v) is 7.28. The highest BCUT2D eigenvalue weighted by Gasteiger charge is 2.22. The van der Waals surface area contributed by atoms with Crippen LogP contribution in [-0.4, -0.2) is 16.1 Å². The molecule has 1 fully saturated rings. The summed E-state index contributed by atoms with van der Waals surface area (Å²) < 4.78 is 0. The van der Waals surface area contributed by atoms with Crippen molar-refractivity contribution < 1.29 is 5.11 Å². The molecule has 0 atom stereocenters. The van der Waals surface area contributed by atoms with Crippen LogP contribution in [0, 0.1) is 5.92 Å². The standard InChI is InChI=1S/C17H22N2OS/c1-11(2)8-15-16(10-18-13-6-7-13)21-17(19-15)12-4-3-5-14(20)9-12/h3-5,9,11,13,18,20H,6-8,10H2,1-2H3. The Bertz CT molecular complexity index is 617. The average molecular weight is 302 g/mol. The molecule has 1 aromatic carbocycles. The topological polar surface area (TPSA) is 45.2 Å². The van der Waals surface area contributed by atoms with Crippen molar-refractivity contribution in [2.24, 2.45) is 5.92 Å². The van der Waals surface area contributed by atoms with Crippen molar-refractivity contribution in [3.05, 3.63) is 34.8 Å². The molecule has 1 aliphatic rings. The molecule has 4 heteroatoms. The van der Waals surface area contributed by atoms with Gasteiger partial charge in [0.25, 0.3) is 0 Å². The number of nitrogens with one attached hydrogen (secondary N) is 1. The van der Waals surface area contributed by atoms with Crippen molar-refractivity contribution in [3.8, 4) is 16.3 Å². The Morgan fingerprint density at radius 3 is 2.86 bits per heavy atom. The van der Waals surface area contributed by atoms with E-state index in [-0.39, 0.29) is 0 Å². The number of thiazole rings is 1. The zero-order valence-electron chi connectivity index (χ0n) is 12.6. The van der Waals surface area contributed by atoms with Crippen molar-refractivity contribution >= 4 is 11.3 Å². The van der Waals surface area contributed by atoms with E-state index in [2.05, 4.69) is 19.2 Å². The van der Waals surface area contributed by atoms with Gasteiger partial charge in [0, 0.05) is 23.0 Å². The van der Waals surface area contributed by atoms with E-state index in [9.17, 15) is 5.11 Å². The fourth-order valence-electron chi connectivity index (χ4n) is 2.35. The van der Waals surface area contributed by atoms with E-state index in [1.165, 1.54) is 23.4 Å². The van der Waals surface area contributed by atoms with Crippen LogP contribution in [0.2, 0.25) is 0 Å². The summed E-state index contributed by atoms with van der Waals surface area (Å²) in [6, 6.07) is 8.08. The third kappa shape index (κ3) is 3.83. The Morgan fingerprint density at radius 2 is 2.19 bits per heavy atom. The van der Waals surface area contributed by atoms with Gasteiger partial charge in [-0.05, 0) is 37.3 Å². The van der Waals surface area contributed by atoms with Crippen LogP contribution in [0.15, 0.2) is 24.3 Å². The number of hydrogen-bond donors (Lipinski definition) is 2. The van der Waals surface area contributed by atoms with Gasteiger partial charge in [-0.1, -0.05) is 26.0 Å². The Morgan fingerprint density at radius 1 is 1.38 bits per heavy atom. The molecule has 1 heterocycles. The van der Waals surface area contributed by atoms with Gasteiger partial charge in [-0.15, -0.1) is 11.3 Å². The molecule has 112 valence electrons. The summed E-state index contributed by atoms with van der Waals surface area (Å²) in [5.74, 6) is 0.898. The number of benzene rings is 1. The summed E-state index contributed by atoms with van der Waals surface area (Å²) >= 11 is 1.75. The molecule has 1 saturated carbocycles. The SMILES string of the molecule is CC(C)Cc1nc(-c2cccc(O)c2)sc1CNC1CC1. The minimum Gasteiger partial charge on any atom is -0.508 e. The van der Waals surface area contributed by atoms with Gasteiger partial charge in [0.05, 0.1) is 5.69 Å². The van der Waals surface area contributed by atoms with E-state index in [4.69, 9.17) is 4.98 Å². The van der Waals surface area contributed by atoms with Gasteiger partial charge in [-0.25, -0.2) is 4.98 Å². The summed E-state index contributed by atoms with van der Waals surface area (Å²) in [6.45, 7) is 5.38. The number of aromatic hydroxyl groups is 1. The number of aromatic nitrogens is 1. The van der Waals surface area contributed by atoms with Gasteiger partial charge < -0.3 is 10.4 Å². The fourth-order valence-corrected chi connectivity index (χ4v) is 3.39. The van der Waals surface area contributed by atoms with Gasteiger partial charge in [0.15, 0.2) is 0 Å². The molecular formula is C17H22N2OS. The minimum atomic E-state index is 0.297. The first-order valence-corrected chi connectivity index (χ1v) is 8.45. The molecule has 3 rings (SSSR count). The lowest BCUT2D eigenvalue weighted by molar-refractivity contribution is 0.475. The van der Waals surface area contributed by atoms with Gasteiger partial charge in [-0.2, -0.15) is 0 Å². The summed E-state index contributed by atoms with van der Waals surface area (Å²) in [5, 5.41) is 14.2. The molecule has 0 unspecified atom stereocenters. The van der Waals surface area contributed by atoms with E-state index in [0.717, 1.165) is 23.5 Å². The summed E-state index contributed by atoms with van der Waals surface area (Å²) in [7, 11) is 0. The van der Waals surface area contributed by atoms with E-state index >= 15 is 0 Å². The van der Waals surface area contributed by atoms with Crippen LogP contribution < -0.4 is 5.32 Å². The van der Waals surface area contributed by atoms with Gasteiger partial charge in [0.1, 0.15) is 10.8 Å². The Labute approximate surface area is 130 Å². The molecule has 1 aromatic heterocycles. The zero-order valence-corrected chi connectivity index (χ0v) is 13.4. The molecule has 21 heavy (non-hydrogen) atoms. The highest BCUT2D eigenvalue weighted by molar-refractivity contribution is 7.15. The number of hydrogen-bond acceptors (Lipinski definition) is 4. The predicted molar refractivity (Wildman–Crippen MR) is 87.6 cm³/mol. The van der Waals surface area contributed by atoms with Gasteiger partial charge >= 0.3 is 0 Å².